The third kappa shape index (κ3) is 6.06. The fourth-order valence-electron chi connectivity index (χ4n) is 16.2. The Labute approximate surface area is 502 Å². The van der Waals surface area contributed by atoms with Crippen LogP contribution in [0.1, 0.15) is 49.9 Å². The van der Waals surface area contributed by atoms with Crippen molar-refractivity contribution in [2.75, 3.05) is 19.6 Å². The molecule has 0 atom stereocenters. The van der Waals surface area contributed by atoms with Gasteiger partial charge in [0.1, 0.15) is 0 Å². The van der Waals surface area contributed by atoms with Gasteiger partial charge in [-0.2, -0.15) is 0 Å². The summed E-state index contributed by atoms with van der Waals surface area (Å²) in [4.78, 5) is 10.8. The van der Waals surface area contributed by atoms with Gasteiger partial charge in [0.25, 0.3) is 0 Å². The summed E-state index contributed by atoms with van der Waals surface area (Å²) in [6.45, 7) is 9.77. The molecule has 0 unspecified atom stereocenters. The fourth-order valence-corrected chi connectivity index (χ4v) is 21.7. The van der Waals surface area contributed by atoms with Gasteiger partial charge in [0.05, 0.1) is 0 Å². The van der Waals surface area contributed by atoms with Crippen LogP contribution in [0.2, 0.25) is 0 Å². The maximum absolute atomic E-state index is 2.77. The van der Waals surface area contributed by atoms with Crippen LogP contribution in [-0.2, 0) is 10.8 Å². The van der Waals surface area contributed by atoms with E-state index >= 15 is 0 Å². The van der Waals surface area contributed by atoms with E-state index in [9.17, 15) is 0 Å². The van der Waals surface area contributed by atoms with E-state index in [1.807, 2.05) is 0 Å². The van der Waals surface area contributed by atoms with Crippen molar-refractivity contribution >= 4 is 160 Å². The molecule has 4 nitrogen and oxygen atoms in total. The van der Waals surface area contributed by atoms with Crippen LogP contribution < -0.4 is 50.1 Å². The first-order valence-corrected chi connectivity index (χ1v) is 32.9. The van der Waals surface area contributed by atoms with Crippen LogP contribution in [0.5, 0.6) is 0 Å². The SMILES string of the molecule is CC1(C)c2ccccc2-c2c1cc1c3c2N(c2ccccc2)c2c([se]c4ccccc24)B3c2cc3c(cc2N1c1ccccc1)N(c1ccccc1)c1cc2c(c4c1B3c1[se]c3ccccc3c1N4c1ccccc1)-c1ccccc1C2(C)C. The molecule has 0 bridgehead atoms. The molecular weight excluding hydrogens is 1150 g/mol. The number of rotatable bonds is 4. The van der Waals surface area contributed by atoms with E-state index in [1.54, 1.807) is 0 Å². The Morgan fingerprint density at radius 2 is 0.655 bits per heavy atom. The van der Waals surface area contributed by atoms with Crippen LogP contribution in [0, 0.1) is 0 Å². The third-order valence-electron chi connectivity index (χ3n) is 19.7. The Hall–Kier alpha value is -8.73. The van der Waals surface area contributed by atoms with Crippen molar-refractivity contribution in [3.8, 4) is 22.3 Å². The van der Waals surface area contributed by atoms with Crippen LogP contribution in [0.4, 0.5) is 68.2 Å². The summed E-state index contributed by atoms with van der Waals surface area (Å²) < 4.78 is 5.97. The standard InChI is InChI=1S/C76H52B2N4Se2/c1-75(2)53-37-21-17-33-49(53)65-55(75)41-61-67-71(65)81(47-29-13-7-14-30-47)69-51-35-19-23-39-63(51)83-73(69)77(67)57-43-58-60(44-59(57)79(61)45-25-9-5-10-26-45)80(46-27-11-6-12-28-46)62-42-56-66(50-34-18-22-38-54(50)76(56,3)4)72-68(62)78(58)74-70(52-36-20-24-40-64(52)84-74)82(72)48-31-15-8-16-32-48/h5-44H,1-4H3. The summed E-state index contributed by atoms with van der Waals surface area (Å²) >= 11 is 0.0563. The molecule has 0 saturated heterocycles. The Morgan fingerprint density at radius 3 is 1.06 bits per heavy atom. The molecule has 0 spiro atoms. The average Bonchev–Trinajstić information content (AvgIpc) is 1.33. The Bertz CT molecular complexity index is 4700. The van der Waals surface area contributed by atoms with Crippen LogP contribution in [0.25, 0.3) is 41.5 Å². The summed E-state index contributed by atoms with van der Waals surface area (Å²) in [5.74, 6) is 0. The minimum atomic E-state index is -0.264. The zero-order chi connectivity index (χ0) is 55.5. The summed E-state index contributed by atoms with van der Waals surface area (Å²) in [7, 11) is 0. The normalized spacial score (nSPS) is 15.4. The number of hydrogen-bond acceptors (Lipinski definition) is 4. The molecule has 11 aromatic carbocycles. The zero-order valence-electron chi connectivity index (χ0n) is 46.9. The van der Waals surface area contributed by atoms with Crippen LogP contribution in [-0.4, -0.2) is 42.4 Å². The van der Waals surface area contributed by atoms with Crippen molar-refractivity contribution in [3.63, 3.8) is 0 Å². The number of benzene rings is 11. The van der Waals surface area contributed by atoms with Gasteiger partial charge in [-0.25, -0.2) is 0 Å². The van der Waals surface area contributed by atoms with E-state index in [0.29, 0.717) is 0 Å². The number of fused-ring (bicyclic) bond motifs is 20. The van der Waals surface area contributed by atoms with E-state index in [0.717, 1.165) is 11.4 Å². The van der Waals surface area contributed by atoms with E-state index in [2.05, 4.69) is 290 Å². The third-order valence-corrected chi connectivity index (χ3v) is 24.9. The molecule has 19 rings (SSSR count). The molecule has 0 radical (unpaired) electrons. The number of para-hydroxylation sites is 4. The molecule has 84 heavy (non-hydrogen) atoms. The maximum atomic E-state index is 2.77. The van der Waals surface area contributed by atoms with E-state index in [4.69, 9.17) is 0 Å². The second-order valence-corrected chi connectivity index (χ2v) is 29.2. The molecule has 8 heteroatoms. The van der Waals surface area contributed by atoms with Crippen molar-refractivity contribution in [1.29, 1.82) is 0 Å². The molecule has 4 aliphatic heterocycles. The van der Waals surface area contributed by atoms with Gasteiger partial charge in [0.2, 0.25) is 0 Å². The van der Waals surface area contributed by atoms with E-state index in [-0.39, 0.29) is 53.3 Å². The molecule has 0 amide bonds. The van der Waals surface area contributed by atoms with Crippen LogP contribution >= 0.6 is 0 Å². The van der Waals surface area contributed by atoms with Gasteiger partial charge in [-0.05, 0) is 0 Å². The molecule has 0 saturated carbocycles. The second kappa shape index (κ2) is 17.0. The van der Waals surface area contributed by atoms with Crippen molar-refractivity contribution in [2.24, 2.45) is 0 Å². The topological polar surface area (TPSA) is 13.0 Å². The van der Waals surface area contributed by atoms with Gasteiger partial charge in [-0.15, -0.1) is 0 Å². The second-order valence-electron chi connectivity index (χ2n) is 24.6. The number of anilines is 12. The van der Waals surface area contributed by atoms with E-state index < -0.39 is 0 Å². The molecule has 6 aliphatic rings. The van der Waals surface area contributed by atoms with Crippen molar-refractivity contribution in [3.05, 3.63) is 265 Å². The summed E-state index contributed by atoms with van der Waals surface area (Å²) in [5, 5.41) is 2.72. The summed E-state index contributed by atoms with van der Waals surface area (Å²) in [5.41, 5.74) is 31.1. The molecule has 2 aliphatic carbocycles. The van der Waals surface area contributed by atoms with E-state index in [1.165, 1.54) is 151 Å². The van der Waals surface area contributed by atoms with Crippen molar-refractivity contribution in [2.45, 2.75) is 38.5 Å². The van der Waals surface area contributed by atoms with Gasteiger partial charge < -0.3 is 0 Å². The first-order valence-electron chi connectivity index (χ1n) is 29.5. The summed E-state index contributed by atoms with van der Waals surface area (Å²) in [6, 6.07) is 93.3. The average molecular weight is 1200 g/mol. The van der Waals surface area contributed by atoms with Gasteiger partial charge >= 0.3 is 506 Å². The van der Waals surface area contributed by atoms with Gasteiger partial charge in [0.15, 0.2) is 0 Å². The molecule has 2 aromatic heterocycles. The first kappa shape index (κ1) is 47.7. The molecule has 394 valence electrons. The van der Waals surface area contributed by atoms with Crippen LogP contribution in [0.3, 0.4) is 0 Å². The van der Waals surface area contributed by atoms with Crippen molar-refractivity contribution < 1.29 is 0 Å². The van der Waals surface area contributed by atoms with Crippen molar-refractivity contribution in [1.82, 2.24) is 0 Å². The quantitative estimate of drug-likeness (QED) is 0.163. The van der Waals surface area contributed by atoms with Gasteiger partial charge in [0, 0.05) is 0 Å². The monoisotopic (exact) mass is 1200 g/mol. The fraction of sp³-hybridized carbons (Fsp3) is 0.0789. The first-order chi connectivity index (χ1) is 41.3. The number of hydrogen-bond donors (Lipinski definition) is 0. The Morgan fingerprint density at radius 1 is 0.310 bits per heavy atom. The summed E-state index contributed by atoms with van der Waals surface area (Å²) in [6.07, 6.45) is 0. The minimum absolute atomic E-state index is 0.0262. The molecule has 0 N–H and O–H groups in total. The Kier molecular flexibility index (Phi) is 9.64. The van der Waals surface area contributed by atoms with Gasteiger partial charge in [-0.3, -0.25) is 0 Å². The van der Waals surface area contributed by atoms with Crippen LogP contribution in [0.15, 0.2) is 243 Å². The van der Waals surface area contributed by atoms with Gasteiger partial charge in [-0.1, -0.05) is 0 Å². The molecular formula is C76H52B2N4Se2. The predicted molar refractivity (Wildman–Crippen MR) is 359 cm³/mol. The Balaban J connectivity index is 0.998. The number of nitrogens with zero attached hydrogens (tertiary/aromatic N) is 4. The zero-order valence-corrected chi connectivity index (χ0v) is 50.3. The predicted octanol–water partition coefficient (Wildman–Crippen LogP) is 14.9. The molecule has 6 heterocycles. The molecule has 0 fully saturated rings. The molecule has 13 aromatic rings.